The zero-order valence-electron chi connectivity index (χ0n) is 11.4. The molecule has 6 nitrogen and oxygen atoms in total. The monoisotopic (exact) mass is 281 g/mol. The summed E-state index contributed by atoms with van der Waals surface area (Å²) in [6.07, 6.45) is 0.939. The smallest absolute Gasteiger partial charge is 0.264 e. The summed E-state index contributed by atoms with van der Waals surface area (Å²) in [7, 11) is -3.40. The molecule has 0 saturated carbocycles. The van der Waals surface area contributed by atoms with Gasteiger partial charge < -0.3 is 9.84 Å². The van der Waals surface area contributed by atoms with Gasteiger partial charge in [-0.05, 0) is 33.6 Å². The molecule has 0 aromatic heterocycles. The normalized spacial score (nSPS) is 22.1. The predicted molar refractivity (Wildman–Crippen MR) is 67.4 cm³/mol. The number of rotatable bonds is 4. The van der Waals surface area contributed by atoms with Crippen LogP contribution in [0.25, 0.3) is 0 Å². The van der Waals surface area contributed by atoms with Crippen molar-refractivity contribution in [2.75, 3.05) is 19.3 Å². The van der Waals surface area contributed by atoms with Gasteiger partial charge in [0.25, 0.3) is 10.1 Å². The van der Waals surface area contributed by atoms with Crippen LogP contribution in [0.15, 0.2) is 0 Å². The number of hydrogen-bond acceptors (Lipinski definition) is 6. The average molecular weight is 281 g/mol. The molecule has 0 radical (unpaired) electrons. The third-order valence-corrected chi connectivity index (χ3v) is 3.18. The predicted octanol–water partition coefficient (Wildman–Crippen LogP) is 0.518. The van der Waals surface area contributed by atoms with Gasteiger partial charge in [-0.3, -0.25) is 9.08 Å². The van der Waals surface area contributed by atoms with Crippen LogP contribution in [0.1, 0.15) is 33.6 Å². The number of aliphatic hydroxyl groups is 1. The minimum absolute atomic E-state index is 0.293. The van der Waals surface area contributed by atoms with Gasteiger partial charge in [0.15, 0.2) is 0 Å². The van der Waals surface area contributed by atoms with Crippen molar-refractivity contribution in [3.8, 4) is 0 Å². The summed E-state index contributed by atoms with van der Waals surface area (Å²) < 4.78 is 32.4. The van der Waals surface area contributed by atoms with Crippen molar-refractivity contribution in [3.63, 3.8) is 0 Å². The van der Waals surface area contributed by atoms with E-state index in [1.165, 1.54) is 0 Å². The summed E-state index contributed by atoms with van der Waals surface area (Å²) in [5.74, 6) is 0. The molecule has 1 heterocycles. The highest BCUT2D eigenvalue weighted by Crippen LogP contribution is 2.19. The largest absolute Gasteiger partial charge is 0.356 e. The van der Waals surface area contributed by atoms with Crippen molar-refractivity contribution in [2.45, 2.75) is 51.7 Å². The van der Waals surface area contributed by atoms with Crippen LogP contribution in [0.4, 0.5) is 0 Å². The van der Waals surface area contributed by atoms with Crippen LogP contribution in [-0.2, 0) is 19.0 Å². The van der Waals surface area contributed by atoms with Crippen molar-refractivity contribution in [1.82, 2.24) is 4.90 Å². The van der Waals surface area contributed by atoms with E-state index in [2.05, 4.69) is 0 Å². The van der Waals surface area contributed by atoms with Crippen molar-refractivity contribution in [1.29, 1.82) is 0 Å². The van der Waals surface area contributed by atoms with Gasteiger partial charge in [-0.2, -0.15) is 8.42 Å². The molecule has 1 unspecified atom stereocenters. The SMILES string of the molecule is CC(C)(C)OC(O)N1CCC(OS(C)(=O)=O)CC1. The number of likely N-dealkylation sites (tertiary alicyclic amines) is 1. The Morgan fingerprint density at radius 1 is 1.28 bits per heavy atom. The molecule has 1 aliphatic rings. The molecule has 108 valence electrons. The molecule has 0 aromatic carbocycles. The summed E-state index contributed by atoms with van der Waals surface area (Å²) in [6, 6.07) is 0. The summed E-state index contributed by atoms with van der Waals surface area (Å²) >= 11 is 0. The lowest BCUT2D eigenvalue weighted by molar-refractivity contribution is -0.244. The summed E-state index contributed by atoms with van der Waals surface area (Å²) in [6.45, 7) is 6.72. The average Bonchev–Trinajstić information content (AvgIpc) is 2.13. The van der Waals surface area contributed by atoms with Crippen LogP contribution in [-0.4, -0.2) is 55.9 Å². The first-order chi connectivity index (χ1) is 8.07. The zero-order chi connectivity index (χ0) is 14.0. The summed E-state index contributed by atoms with van der Waals surface area (Å²) in [5.41, 5.74) is -0.417. The number of piperidine rings is 1. The Bertz CT molecular complexity index is 354. The third kappa shape index (κ3) is 6.10. The second-order valence-electron chi connectivity index (χ2n) is 5.59. The molecule has 0 spiro atoms. The summed E-state index contributed by atoms with van der Waals surface area (Å²) in [5, 5.41) is 9.87. The van der Waals surface area contributed by atoms with Gasteiger partial charge in [0.2, 0.25) is 6.41 Å². The molecule has 1 saturated heterocycles. The number of nitrogens with zero attached hydrogens (tertiary/aromatic N) is 1. The van der Waals surface area contributed by atoms with Crippen LogP contribution in [0.3, 0.4) is 0 Å². The van der Waals surface area contributed by atoms with Crippen LogP contribution in [0.5, 0.6) is 0 Å². The van der Waals surface area contributed by atoms with Gasteiger partial charge in [0, 0.05) is 13.1 Å². The number of aliphatic hydroxyl groups excluding tert-OH is 1. The van der Waals surface area contributed by atoms with Gasteiger partial charge >= 0.3 is 0 Å². The van der Waals surface area contributed by atoms with E-state index < -0.39 is 22.1 Å². The molecule has 0 aliphatic carbocycles. The molecule has 1 atom stereocenters. The maximum atomic E-state index is 11.0. The first-order valence-corrected chi connectivity index (χ1v) is 7.87. The minimum Gasteiger partial charge on any atom is -0.356 e. The molecular formula is C11H23NO5S. The fourth-order valence-electron chi connectivity index (χ4n) is 1.83. The fraction of sp³-hybridized carbons (Fsp3) is 1.00. The Labute approximate surface area is 109 Å². The highest BCUT2D eigenvalue weighted by atomic mass is 32.2. The topological polar surface area (TPSA) is 76.1 Å². The van der Waals surface area contributed by atoms with Crippen LogP contribution in [0.2, 0.25) is 0 Å². The minimum atomic E-state index is -3.40. The van der Waals surface area contributed by atoms with E-state index in [0.29, 0.717) is 25.9 Å². The molecule has 0 bridgehead atoms. The first-order valence-electron chi connectivity index (χ1n) is 6.05. The van der Waals surface area contributed by atoms with Crippen molar-refractivity contribution in [2.24, 2.45) is 0 Å². The standard InChI is InChI=1S/C11H23NO5S/c1-11(2,3)16-10(13)12-7-5-9(6-8-12)17-18(4,14)15/h9-10,13H,5-8H2,1-4H3. The zero-order valence-corrected chi connectivity index (χ0v) is 12.2. The maximum Gasteiger partial charge on any atom is 0.264 e. The van der Waals surface area contributed by atoms with Crippen LogP contribution in [0, 0.1) is 0 Å². The first kappa shape index (κ1) is 15.8. The second kappa shape index (κ2) is 5.83. The van der Waals surface area contributed by atoms with Crippen LogP contribution >= 0.6 is 0 Å². The molecule has 1 aliphatic heterocycles. The Kier molecular flexibility index (Phi) is 5.13. The third-order valence-electron chi connectivity index (χ3n) is 2.56. The highest BCUT2D eigenvalue weighted by molar-refractivity contribution is 7.86. The Hall–Kier alpha value is -0.210. The Morgan fingerprint density at radius 2 is 1.78 bits per heavy atom. The van der Waals surface area contributed by atoms with E-state index in [4.69, 9.17) is 8.92 Å². The second-order valence-corrected chi connectivity index (χ2v) is 7.19. The van der Waals surface area contributed by atoms with E-state index in [9.17, 15) is 13.5 Å². The molecule has 7 heteroatoms. The molecule has 0 aromatic rings. The lowest BCUT2D eigenvalue weighted by Gasteiger charge is -2.36. The van der Waals surface area contributed by atoms with Gasteiger partial charge in [-0.1, -0.05) is 0 Å². The van der Waals surface area contributed by atoms with E-state index >= 15 is 0 Å². The van der Waals surface area contributed by atoms with Gasteiger partial charge in [-0.25, -0.2) is 0 Å². The number of ether oxygens (including phenoxy) is 1. The Balaban J connectivity index is 2.39. The van der Waals surface area contributed by atoms with Crippen molar-refractivity contribution >= 4 is 10.1 Å². The Morgan fingerprint density at radius 3 is 2.17 bits per heavy atom. The molecule has 1 rings (SSSR count). The fourth-order valence-corrected chi connectivity index (χ4v) is 2.52. The molecule has 1 N–H and O–H groups in total. The summed E-state index contributed by atoms with van der Waals surface area (Å²) in [4.78, 5) is 1.77. The van der Waals surface area contributed by atoms with Gasteiger partial charge in [-0.15, -0.1) is 0 Å². The number of hydrogen-bond donors (Lipinski definition) is 1. The van der Waals surface area contributed by atoms with Gasteiger partial charge in [0.05, 0.1) is 18.0 Å². The van der Waals surface area contributed by atoms with E-state index in [0.717, 1.165) is 6.26 Å². The van der Waals surface area contributed by atoms with E-state index in [1.807, 2.05) is 20.8 Å². The molecule has 0 amide bonds. The van der Waals surface area contributed by atoms with E-state index in [-0.39, 0.29) is 6.10 Å². The highest BCUT2D eigenvalue weighted by Gasteiger charge is 2.28. The molecule has 1 fully saturated rings. The quantitative estimate of drug-likeness (QED) is 0.598. The lowest BCUT2D eigenvalue weighted by Crippen LogP contribution is -2.47. The van der Waals surface area contributed by atoms with Crippen molar-refractivity contribution in [3.05, 3.63) is 0 Å². The molecular weight excluding hydrogens is 258 g/mol. The molecule has 18 heavy (non-hydrogen) atoms. The van der Waals surface area contributed by atoms with Gasteiger partial charge in [0.1, 0.15) is 0 Å². The van der Waals surface area contributed by atoms with Crippen molar-refractivity contribution < 1.29 is 22.4 Å². The maximum absolute atomic E-state index is 11.0. The van der Waals surface area contributed by atoms with E-state index in [1.54, 1.807) is 4.90 Å². The van der Waals surface area contributed by atoms with Crippen LogP contribution < -0.4 is 0 Å². The lowest BCUT2D eigenvalue weighted by atomic mass is 10.1.